The van der Waals surface area contributed by atoms with Crippen LogP contribution in [0.15, 0.2) is 12.1 Å². The molecule has 0 aliphatic carbocycles. The molecule has 0 fully saturated rings. The topological polar surface area (TPSA) is 26.3 Å². The zero-order chi connectivity index (χ0) is 10.7. The molecule has 0 bridgehead atoms. The Labute approximate surface area is 102 Å². The lowest BCUT2D eigenvalue weighted by Gasteiger charge is -2.08. The molecule has 0 saturated heterocycles. The van der Waals surface area contributed by atoms with Crippen LogP contribution in [-0.2, 0) is 0 Å². The van der Waals surface area contributed by atoms with Crippen LogP contribution in [0.1, 0.15) is 24.2 Å². The number of carbonyl (C=O) groups excluding carboxylic acids is 1. The second-order valence-corrected chi connectivity index (χ2v) is 4.32. The van der Waals surface area contributed by atoms with Gasteiger partial charge in [-0.05, 0) is 42.5 Å². The molecule has 76 valence electrons. The summed E-state index contributed by atoms with van der Waals surface area (Å²) >= 11 is 8.05. The first-order valence-corrected chi connectivity index (χ1v) is 5.64. The summed E-state index contributed by atoms with van der Waals surface area (Å²) in [5.41, 5.74) is 0.541. The molecule has 0 heterocycles. The van der Waals surface area contributed by atoms with Crippen molar-refractivity contribution in [2.24, 2.45) is 0 Å². The molecular weight excluding hydrogens is 314 g/mol. The van der Waals surface area contributed by atoms with Gasteiger partial charge in [0.15, 0.2) is 5.78 Å². The molecule has 0 atom stereocenters. The van der Waals surface area contributed by atoms with E-state index in [0.29, 0.717) is 17.2 Å². The zero-order valence-electron chi connectivity index (χ0n) is 7.93. The molecule has 0 saturated carbocycles. The van der Waals surface area contributed by atoms with Gasteiger partial charge >= 0.3 is 0 Å². The highest BCUT2D eigenvalue weighted by molar-refractivity contribution is 14.1. The Morgan fingerprint density at radius 1 is 1.57 bits per heavy atom. The van der Waals surface area contributed by atoms with E-state index in [0.717, 1.165) is 9.32 Å². The zero-order valence-corrected chi connectivity index (χ0v) is 10.8. The molecule has 14 heavy (non-hydrogen) atoms. The van der Waals surface area contributed by atoms with E-state index in [1.165, 1.54) is 6.92 Å². The maximum atomic E-state index is 11.2. The first-order chi connectivity index (χ1) is 6.56. The second kappa shape index (κ2) is 4.98. The molecule has 4 heteroatoms. The van der Waals surface area contributed by atoms with Crippen LogP contribution in [0.3, 0.4) is 0 Å². The SMILES string of the molecule is CCOc1cc(Cl)c(C(C)=O)cc1I. The third-order valence-electron chi connectivity index (χ3n) is 1.70. The molecule has 0 N–H and O–H groups in total. The average Bonchev–Trinajstić information content (AvgIpc) is 2.10. The van der Waals surface area contributed by atoms with E-state index < -0.39 is 0 Å². The number of halogens is 2. The van der Waals surface area contributed by atoms with Crippen molar-refractivity contribution in [2.75, 3.05) is 6.61 Å². The highest BCUT2D eigenvalue weighted by Crippen LogP contribution is 2.28. The number of ketones is 1. The summed E-state index contributed by atoms with van der Waals surface area (Å²) in [5, 5.41) is 0.446. The van der Waals surface area contributed by atoms with Crippen LogP contribution in [0.5, 0.6) is 5.75 Å². The molecule has 2 nitrogen and oxygen atoms in total. The van der Waals surface area contributed by atoms with E-state index in [-0.39, 0.29) is 5.78 Å². The lowest BCUT2D eigenvalue weighted by atomic mass is 10.1. The number of hydrogen-bond donors (Lipinski definition) is 0. The van der Waals surface area contributed by atoms with Crippen LogP contribution in [0.4, 0.5) is 0 Å². The molecular formula is C10H10ClIO2. The highest BCUT2D eigenvalue weighted by Gasteiger charge is 2.10. The van der Waals surface area contributed by atoms with Gasteiger partial charge in [0.25, 0.3) is 0 Å². The molecule has 0 aliphatic rings. The van der Waals surface area contributed by atoms with E-state index in [1.54, 1.807) is 12.1 Å². The van der Waals surface area contributed by atoms with Crippen LogP contribution in [0.25, 0.3) is 0 Å². The van der Waals surface area contributed by atoms with Gasteiger partial charge < -0.3 is 4.74 Å². The number of hydrogen-bond acceptors (Lipinski definition) is 2. The molecule has 0 aliphatic heterocycles. The molecule has 1 rings (SSSR count). The summed E-state index contributed by atoms with van der Waals surface area (Å²) in [6.07, 6.45) is 0. The van der Waals surface area contributed by atoms with Gasteiger partial charge in [-0.2, -0.15) is 0 Å². The summed E-state index contributed by atoms with van der Waals surface area (Å²) in [7, 11) is 0. The summed E-state index contributed by atoms with van der Waals surface area (Å²) in [4.78, 5) is 11.2. The van der Waals surface area contributed by atoms with E-state index in [2.05, 4.69) is 22.6 Å². The Morgan fingerprint density at radius 3 is 2.71 bits per heavy atom. The van der Waals surface area contributed by atoms with Crippen LogP contribution >= 0.6 is 34.2 Å². The minimum absolute atomic E-state index is 0.0315. The van der Waals surface area contributed by atoms with Crippen molar-refractivity contribution in [3.63, 3.8) is 0 Å². The maximum absolute atomic E-state index is 11.2. The lowest BCUT2D eigenvalue weighted by molar-refractivity contribution is 0.101. The summed E-state index contributed by atoms with van der Waals surface area (Å²) in [6, 6.07) is 3.43. The van der Waals surface area contributed by atoms with Gasteiger partial charge in [-0.25, -0.2) is 0 Å². The van der Waals surface area contributed by atoms with E-state index in [4.69, 9.17) is 16.3 Å². The predicted octanol–water partition coefficient (Wildman–Crippen LogP) is 3.55. The molecule has 0 unspecified atom stereocenters. The molecule has 0 spiro atoms. The van der Waals surface area contributed by atoms with Gasteiger partial charge in [0, 0.05) is 11.6 Å². The van der Waals surface area contributed by atoms with Crippen LogP contribution in [-0.4, -0.2) is 12.4 Å². The van der Waals surface area contributed by atoms with Gasteiger partial charge in [0.2, 0.25) is 0 Å². The fourth-order valence-electron chi connectivity index (χ4n) is 1.06. The Bertz CT molecular complexity index is 363. The fourth-order valence-corrected chi connectivity index (χ4v) is 1.97. The van der Waals surface area contributed by atoms with Gasteiger partial charge in [-0.15, -0.1) is 0 Å². The minimum Gasteiger partial charge on any atom is -0.493 e. The second-order valence-electron chi connectivity index (χ2n) is 2.75. The first-order valence-electron chi connectivity index (χ1n) is 4.19. The smallest absolute Gasteiger partial charge is 0.161 e. The van der Waals surface area contributed by atoms with Gasteiger partial charge in [0.1, 0.15) is 5.75 Å². The van der Waals surface area contributed by atoms with Gasteiger partial charge in [-0.1, -0.05) is 11.6 Å². The van der Waals surface area contributed by atoms with Crippen molar-refractivity contribution >= 4 is 40.0 Å². The van der Waals surface area contributed by atoms with Crippen LogP contribution < -0.4 is 4.74 Å². The van der Waals surface area contributed by atoms with Crippen molar-refractivity contribution in [1.82, 2.24) is 0 Å². The molecule has 1 aromatic carbocycles. The largest absolute Gasteiger partial charge is 0.493 e. The Hall–Kier alpha value is -0.290. The normalized spacial score (nSPS) is 10.0. The summed E-state index contributed by atoms with van der Waals surface area (Å²) < 4.78 is 6.25. The van der Waals surface area contributed by atoms with Crippen molar-refractivity contribution < 1.29 is 9.53 Å². The maximum Gasteiger partial charge on any atom is 0.161 e. The third kappa shape index (κ3) is 2.60. The number of carbonyl (C=O) groups is 1. The number of benzene rings is 1. The molecule has 1 aromatic rings. The van der Waals surface area contributed by atoms with E-state index >= 15 is 0 Å². The molecule has 0 amide bonds. The predicted molar refractivity (Wildman–Crippen MR) is 65.3 cm³/mol. The number of rotatable bonds is 3. The Morgan fingerprint density at radius 2 is 2.21 bits per heavy atom. The quantitative estimate of drug-likeness (QED) is 0.628. The Balaban J connectivity index is 3.17. The molecule has 0 aromatic heterocycles. The van der Waals surface area contributed by atoms with Gasteiger partial charge in [0.05, 0.1) is 15.2 Å². The average molecular weight is 325 g/mol. The lowest BCUT2D eigenvalue weighted by Crippen LogP contribution is -1.98. The minimum atomic E-state index is -0.0315. The van der Waals surface area contributed by atoms with E-state index in [9.17, 15) is 4.79 Å². The highest BCUT2D eigenvalue weighted by atomic mass is 127. The first kappa shape index (κ1) is 11.8. The monoisotopic (exact) mass is 324 g/mol. The third-order valence-corrected chi connectivity index (χ3v) is 2.86. The van der Waals surface area contributed by atoms with Crippen molar-refractivity contribution in [1.29, 1.82) is 0 Å². The van der Waals surface area contributed by atoms with Crippen LogP contribution in [0, 0.1) is 3.57 Å². The number of Topliss-reactive ketones (excluding diaryl/α,β-unsaturated/α-hetero) is 1. The number of ether oxygens (including phenoxy) is 1. The summed E-state index contributed by atoms with van der Waals surface area (Å²) in [5.74, 6) is 0.694. The van der Waals surface area contributed by atoms with Crippen molar-refractivity contribution in [3.8, 4) is 5.75 Å². The van der Waals surface area contributed by atoms with Gasteiger partial charge in [-0.3, -0.25) is 4.79 Å². The van der Waals surface area contributed by atoms with Crippen LogP contribution in [0.2, 0.25) is 5.02 Å². The van der Waals surface area contributed by atoms with E-state index in [1.807, 2.05) is 6.92 Å². The standard InChI is InChI=1S/C10H10ClIO2/c1-3-14-10-5-8(11)7(6(2)13)4-9(10)12/h4-5H,3H2,1-2H3. The molecule has 0 radical (unpaired) electrons. The summed E-state index contributed by atoms with van der Waals surface area (Å²) in [6.45, 7) is 3.99. The fraction of sp³-hybridized carbons (Fsp3) is 0.300. The Kier molecular flexibility index (Phi) is 4.19. The van der Waals surface area contributed by atoms with Crippen molar-refractivity contribution in [3.05, 3.63) is 26.3 Å². The van der Waals surface area contributed by atoms with Crippen molar-refractivity contribution in [2.45, 2.75) is 13.8 Å².